The Kier molecular flexibility index (Phi) is 8.45. The quantitative estimate of drug-likeness (QED) is 0.273. The van der Waals surface area contributed by atoms with E-state index in [-0.39, 0.29) is 33.5 Å². The lowest BCUT2D eigenvalue weighted by Gasteiger charge is -2.23. The molecule has 238 valence electrons. The lowest BCUT2D eigenvalue weighted by atomic mass is 10.1. The fraction of sp³-hybridized carbons (Fsp3) is 0.308. The summed E-state index contributed by atoms with van der Waals surface area (Å²) in [5.74, 6) is -5.76. The predicted octanol–water partition coefficient (Wildman–Crippen LogP) is 2.91. The van der Waals surface area contributed by atoms with Crippen LogP contribution < -0.4 is 11.4 Å². The van der Waals surface area contributed by atoms with E-state index in [1.54, 1.807) is 0 Å². The number of alkyl halides is 5. The minimum atomic E-state index is -5.02. The molecule has 19 heteroatoms. The average Bonchev–Trinajstić information content (AvgIpc) is 3.64. The number of carbonyl (C=O) groups is 2. The average molecular weight is 675 g/mol. The molecule has 12 nitrogen and oxygen atoms in total. The Morgan fingerprint density at radius 3 is 2.44 bits per heavy atom. The molecule has 2 aromatic heterocycles. The normalized spacial score (nSPS) is 17.1. The Bertz CT molecular complexity index is 1820. The number of aliphatic hydroxyl groups is 1. The van der Waals surface area contributed by atoms with E-state index in [2.05, 4.69) is 15.2 Å². The molecule has 1 fully saturated rings. The molecule has 3 heterocycles. The van der Waals surface area contributed by atoms with Gasteiger partial charge in [0.1, 0.15) is 18.9 Å². The molecule has 3 N–H and O–H groups in total. The third-order valence-electron chi connectivity index (χ3n) is 6.89. The molecule has 0 radical (unpaired) electrons. The molecule has 2 atom stereocenters. The van der Waals surface area contributed by atoms with Crippen LogP contribution in [0.4, 0.5) is 22.0 Å². The van der Waals surface area contributed by atoms with Gasteiger partial charge in [-0.3, -0.25) is 14.2 Å². The Labute approximate surface area is 259 Å². The number of rotatable bonds is 8. The third-order valence-corrected chi connectivity index (χ3v) is 7.45. The van der Waals surface area contributed by atoms with E-state index < -0.39 is 67.8 Å². The molecular weight excluding hydrogens is 654 g/mol. The zero-order valence-electron chi connectivity index (χ0n) is 22.6. The number of primary amides is 1. The van der Waals surface area contributed by atoms with Crippen LogP contribution in [0.25, 0.3) is 17.1 Å². The van der Waals surface area contributed by atoms with Gasteiger partial charge in [-0.15, -0.1) is 10.2 Å². The summed E-state index contributed by atoms with van der Waals surface area (Å²) in [6, 6.07) is 8.19. The smallest absolute Gasteiger partial charge is 0.382 e. The highest BCUT2D eigenvalue weighted by molar-refractivity contribution is 6.33. The lowest BCUT2D eigenvalue weighted by molar-refractivity contribution is -0.207. The first-order valence-corrected chi connectivity index (χ1v) is 13.7. The van der Waals surface area contributed by atoms with Gasteiger partial charge in [0, 0.05) is 17.0 Å². The molecule has 4 aromatic rings. The first kappa shape index (κ1) is 32.1. The van der Waals surface area contributed by atoms with Gasteiger partial charge in [0.15, 0.2) is 17.8 Å². The first-order chi connectivity index (χ1) is 21.1. The highest BCUT2D eigenvalue weighted by atomic mass is 35.5. The number of benzene rings is 2. The third kappa shape index (κ3) is 6.55. The molecule has 0 aliphatic carbocycles. The van der Waals surface area contributed by atoms with Crippen LogP contribution in [0.3, 0.4) is 0 Å². The number of aromatic nitrogens is 6. The van der Waals surface area contributed by atoms with Crippen molar-refractivity contribution in [3.8, 4) is 17.1 Å². The van der Waals surface area contributed by atoms with Gasteiger partial charge in [0.2, 0.25) is 5.91 Å². The van der Waals surface area contributed by atoms with Crippen molar-refractivity contribution in [3.05, 3.63) is 80.7 Å². The largest absolute Gasteiger partial charge is 0.416 e. The second-order valence-corrected chi connectivity index (χ2v) is 10.9. The molecule has 0 spiro atoms. The van der Waals surface area contributed by atoms with E-state index in [1.165, 1.54) is 42.5 Å². The molecule has 2 aromatic carbocycles. The van der Waals surface area contributed by atoms with Gasteiger partial charge in [0.05, 0.1) is 29.4 Å². The number of carbonyl (C=O) groups excluding carboxylic acids is 2. The SMILES string of the molecule is NC(=O)[C@H]1CC(F)(F)CN1C(=O)c1cccc(Cl)c1-n1cnc(Cn2nc(-c3ccc(Cl)cc3)n(CC(O)C(F)(F)F)c2=O)n1. The van der Waals surface area contributed by atoms with Crippen molar-refractivity contribution in [2.45, 2.75) is 43.8 Å². The molecule has 2 amide bonds. The molecule has 45 heavy (non-hydrogen) atoms. The van der Waals surface area contributed by atoms with Crippen LogP contribution in [0, 0.1) is 0 Å². The maximum absolute atomic E-state index is 14.1. The summed E-state index contributed by atoms with van der Waals surface area (Å²) in [6.45, 7) is -2.69. The van der Waals surface area contributed by atoms with Crippen LogP contribution >= 0.6 is 23.2 Å². The summed E-state index contributed by atoms with van der Waals surface area (Å²) in [7, 11) is 0. The Balaban J connectivity index is 1.49. The van der Waals surface area contributed by atoms with Gasteiger partial charge in [0.25, 0.3) is 11.8 Å². The topological polar surface area (TPSA) is 154 Å². The van der Waals surface area contributed by atoms with Crippen LogP contribution in [-0.2, 0) is 17.9 Å². The molecule has 0 bridgehead atoms. The maximum atomic E-state index is 14.1. The number of halogens is 7. The summed E-state index contributed by atoms with van der Waals surface area (Å²) in [6.07, 6.45) is -7.74. The van der Waals surface area contributed by atoms with Gasteiger partial charge in [-0.2, -0.15) is 13.2 Å². The van der Waals surface area contributed by atoms with Gasteiger partial charge < -0.3 is 15.7 Å². The fourth-order valence-corrected chi connectivity index (χ4v) is 5.16. The number of nitrogens with two attached hydrogens (primary N) is 1. The molecule has 1 saturated heterocycles. The van der Waals surface area contributed by atoms with Crippen molar-refractivity contribution in [1.29, 1.82) is 0 Å². The monoisotopic (exact) mass is 674 g/mol. The standard InChI is InChI=1S/C26H21Cl2F5N8O4/c27-14-6-4-13(5-7-14)22-37-40(24(45)38(22)9-18(42)26(31,32)33)10-19-35-12-41(36-19)20-15(2-1-3-16(20)28)23(44)39-11-25(29,30)8-17(39)21(34)43/h1-7,12,17-18,42H,8-11H2,(H2,34,43)/t17-,18?/m1/s1. The zero-order valence-corrected chi connectivity index (χ0v) is 24.1. The molecule has 0 saturated carbocycles. The van der Waals surface area contributed by atoms with Crippen molar-refractivity contribution in [3.63, 3.8) is 0 Å². The number of hydrogen-bond donors (Lipinski definition) is 2. The highest BCUT2D eigenvalue weighted by Gasteiger charge is 2.50. The summed E-state index contributed by atoms with van der Waals surface area (Å²) in [5.41, 5.74) is 4.16. The van der Waals surface area contributed by atoms with Crippen molar-refractivity contribution in [2.75, 3.05) is 6.54 Å². The van der Waals surface area contributed by atoms with Gasteiger partial charge >= 0.3 is 11.9 Å². The summed E-state index contributed by atoms with van der Waals surface area (Å²) in [4.78, 5) is 43.1. The first-order valence-electron chi connectivity index (χ1n) is 12.9. The van der Waals surface area contributed by atoms with E-state index in [4.69, 9.17) is 28.9 Å². The Morgan fingerprint density at radius 1 is 1.11 bits per heavy atom. The predicted molar refractivity (Wildman–Crippen MR) is 148 cm³/mol. The summed E-state index contributed by atoms with van der Waals surface area (Å²) >= 11 is 12.3. The van der Waals surface area contributed by atoms with E-state index in [0.717, 1.165) is 15.7 Å². The van der Waals surface area contributed by atoms with E-state index in [0.29, 0.717) is 14.5 Å². The van der Waals surface area contributed by atoms with E-state index >= 15 is 0 Å². The van der Waals surface area contributed by atoms with Gasteiger partial charge in [-0.1, -0.05) is 29.3 Å². The molecule has 1 aliphatic rings. The highest BCUT2D eigenvalue weighted by Crippen LogP contribution is 2.35. The Morgan fingerprint density at radius 2 is 1.80 bits per heavy atom. The van der Waals surface area contributed by atoms with Crippen molar-refractivity contribution < 1.29 is 36.6 Å². The van der Waals surface area contributed by atoms with Gasteiger partial charge in [-0.05, 0) is 36.4 Å². The molecular formula is C26H21Cl2F5N8O4. The van der Waals surface area contributed by atoms with E-state index in [1.807, 2.05) is 0 Å². The molecule has 1 unspecified atom stereocenters. The lowest BCUT2D eigenvalue weighted by Crippen LogP contribution is -2.44. The summed E-state index contributed by atoms with van der Waals surface area (Å²) in [5, 5.41) is 18.3. The van der Waals surface area contributed by atoms with Crippen molar-refractivity contribution in [1.82, 2.24) is 34.0 Å². The Hall–Kier alpha value is -4.35. The number of hydrogen-bond acceptors (Lipinski definition) is 7. The van der Waals surface area contributed by atoms with Crippen molar-refractivity contribution in [2.24, 2.45) is 5.73 Å². The second-order valence-electron chi connectivity index (χ2n) is 10.1. The number of nitrogens with zero attached hydrogens (tertiary/aromatic N) is 7. The van der Waals surface area contributed by atoms with Crippen LogP contribution in [0.2, 0.25) is 10.0 Å². The minimum absolute atomic E-state index is 0.0495. The fourth-order valence-electron chi connectivity index (χ4n) is 4.77. The number of para-hydroxylation sites is 1. The van der Waals surface area contributed by atoms with E-state index in [9.17, 15) is 41.4 Å². The maximum Gasteiger partial charge on any atom is 0.416 e. The summed E-state index contributed by atoms with van der Waals surface area (Å²) < 4.78 is 70.2. The van der Waals surface area contributed by atoms with Gasteiger partial charge in [-0.25, -0.2) is 27.9 Å². The number of aliphatic hydroxyl groups excluding tert-OH is 1. The van der Waals surface area contributed by atoms with Crippen LogP contribution in [0.5, 0.6) is 0 Å². The van der Waals surface area contributed by atoms with Crippen molar-refractivity contribution >= 4 is 35.0 Å². The number of amides is 2. The van der Waals surface area contributed by atoms with Crippen LogP contribution in [0.1, 0.15) is 22.6 Å². The molecule has 5 rings (SSSR count). The zero-order chi connectivity index (χ0) is 32.8. The van der Waals surface area contributed by atoms with Crippen LogP contribution in [0.15, 0.2) is 53.6 Å². The second kappa shape index (κ2) is 11.9. The number of likely N-dealkylation sites (tertiary alicyclic amines) is 1. The minimum Gasteiger partial charge on any atom is -0.382 e. The molecule has 1 aliphatic heterocycles. The van der Waals surface area contributed by atoms with Crippen LogP contribution in [-0.4, -0.2) is 81.7 Å².